The SMILES string of the molecule is CN(C[C@@H]1COC[C@@H](O)[C@H]1O)C(=O)/C=C/c1ccc(Cl)cc1. The molecule has 1 aromatic rings. The molecule has 3 atom stereocenters. The van der Waals surface area contributed by atoms with Gasteiger partial charge >= 0.3 is 0 Å². The molecule has 1 heterocycles. The molecule has 1 aliphatic rings. The van der Waals surface area contributed by atoms with Gasteiger partial charge in [0.05, 0.1) is 19.3 Å². The lowest BCUT2D eigenvalue weighted by molar-refractivity contribution is -0.136. The number of rotatable bonds is 4. The van der Waals surface area contributed by atoms with E-state index in [1.807, 2.05) is 12.1 Å². The van der Waals surface area contributed by atoms with E-state index in [-0.39, 0.29) is 18.4 Å². The molecule has 2 N–H and O–H groups in total. The van der Waals surface area contributed by atoms with Crippen molar-refractivity contribution in [3.8, 4) is 0 Å². The highest BCUT2D eigenvalue weighted by molar-refractivity contribution is 6.30. The zero-order chi connectivity index (χ0) is 16.1. The lowest BCUT2D eigenvalue weighted by atomic mass is 9.96. The van der Waals surface area contributed by atoms with Crippen molar-refractivity contribution in [1.29, 1.82) is 0 Å². The second-order valence-corrected chi connectivity index (χ2v) is 5.90. The second-order valence-electron chi connectivity index (χ2n) is 5.46. The molecule has 22 heavy (non-hydrogen) atoms. The smallest absolute Gasteiger partial charge is 0.246 e. The standard InChI is InChI=1S/C16H20ClNO4/c1-18(8-12-9-22-10-14(19)16(12)21)15(20)7-4-11-2-5-13(17)6-3-11/h2-7,12,14,16,19,21H,8-10H2,1H3/b7-4+/t12-,14-,16+/m1/s1. The van der Waals surface area contributed by atoms with Gasteiger partial charge in [0.1, 0.15) is 6.10 Å². The molecular formula is C16H20ClNO4. The van der Waals surface area contributed by atoms with Crippen LogP contribution >= 0.6 is 11.6 Å². The molecule has 1 amide bonds. The van der Waals surface area contributed by atoms with Crippen LogP contribution in [0.5, 0.6) is 0 Å². The van der Waals surface area contributed by atoms with Crippen LogP contribution in [0.3, 0.4) is 0 Å². The van der Waals surface area contributed by atoms with Gasteiger partial charge in [-0.25, -0.2) is 0 Å². The molecule has 1 fully saturated rings. The van der Waals surface area contributed by atoms with Crippen molar-refractivity contribution in [2.75, 3.05) is 26.8 Å². The van der Waals surface area contributed by atoms with E-state index in [1.54, 1.807) is 25.3 Å². The Kier molecular flexibility index (Phi) is 5.97. The van der Waals surface area contributed by atoms with E-state index >= 15 is 0 Å². The summed E-state index contributed by atoms with van der Waals surface area (Å²) in [7, 11) is 1.66. The van der Waals surface area contributed by atoms with Crippen LogP contribution in [-0.4, -0.2) is 60.0 Å². The van der Waals surface area contributed by atoms with Crippen LogP contribution in [0, 0.1) is 5.92 Å². The molecule has 0 aliphatic carbocycles. The van der Waals surface area contributed by atoms with Crippen LogP contribution in [-0.2, 0) is 9.53 Å². The van der Waals surface area contributed by atoms with E-state index in [4.69, 9.17) is 16.3 Å². The van der Waals surface area contributed by atoms with Crippen LogP contribution in [0.15, 0.2) is 30.3 Å². The molecule has 0 saturated carbocycles. The maximum Gasteiger partial charge on any atom is 0.246 e. The minimum atomic E-state index is -0.896. The first kappa shape index (κ1) is 17.0. The van der Waals surface area contributed by atoms with Gasteiger partial charge in [-0.3, -0.25) is 4.79 Å². The van der Waals surface area contributed by atoms with Crippen molar-refractivity contribution in [2.45, 2.75) is 12.2 Å². The lowest BCUT2D eigenvalue weighted by Crippen LogP contribution is -2.48. The Morgan fingerprint density at radius 1 is 1.36 bits per heavy atom. The van der Waals surface area contributed by atoms with E-state index < -0.39 is 12.2 Å². The van der Waals surface area contributed by atoms with Crippen LogP contribution in [0.2, 0.25) is 5.02 Å². The van der Waals surface area contributed by atoms with Gasteiger partial charge in [-0.2, -0.15) is 0 Å². The Morgan fingerprint density at radius 3 is 2.73 bits per heavy atom. The molecule has 1 aliphatic heterocycles. The first-order valence-electron chi connectivity index (χ1n) is 7.10. The molecule has 6 heteroatoms. The molecule has 2 rings (SSSR count). The number of hydrogen-bond acceptors (Lipinski definition) is 4. The summed E-state index contributed by atoms with van der Waals surface area (Å²) in [6.07, 6.45) is 1.41. The van der Waals surface area contributed by atoms with E-state index in [9.17, 15) is 15.0 Å². The van der Waals surface area contributed by atoms with Crippen LogP contribution in [0.4, 0.5) is 0 Å². The molecule has 0 bridgehead atoms. The normalized spacial score (nSPS) is 25.4. The summed E-state index contributed by atoms with van der Waals surface area (Å²) < 4.78 is 5.21. The maximum absolute atomic E-state index is 12.1. The fourth-order valence-electron chi connectivity index (χ4n) is 2.32. The van der Waals surface area contributed by atoms with Gasteiger partial charge in [-0.1, -0.05) is 23.7 Å². The van der Waals surface area contributed by atoms with Crippen LogP contribution < -0.4 is 0 Å². The predicted molar refractivity (Wildman–Crippen MR) is 84.4 cm³/mol. The number of carbonyl (C=O) groups excluding carboxylic acids is 1. The van der Waals surface area contributed by atoms with Crippen molar-refractivity contribution in [3.05, 3.63) is 40.9 Å². The number of benzene rings is 1. The Morgan fingerprint density at radius 2 is 2.05 bits per heavy atom. The van der Waals surface area contributed by atoms with Gasteiger partial charge in [0.15, 0.2) is 0 Å². The van der Waals surface area contributed by atoms with Crippen molar-refractivity contribution in [3.63, 3.8) is 0 Å². The highest BCUT2D eigenvalue weighted by Crippen LogP contribution is 2.16. The summed E-state index contributed by atoms with van der Waals surface area (Å²) >= 11 is 5.80. The quantitative estimate of drug-likeness (QED) is 0.816. The molecule has 0 unspecified atom stereocenters. The largest absolute Gasteiger partial charge is 0.390 e. The number of halogens is 1. The zero-order valence-corrected chi connectivity index (χ0v) is 13.1. The predicted octanol–water partition coefficient (Wildman–Crippen LogP) is 1.18. The number of ether oxygens (including phenoxy) is 1. The number of amides is 1. The third kappa shape index (κ3) is 4.55. The van der Waals surface area contributed by atoms with Gasteiger partial charge in [-0.15, -0.1) is 0 Å². The van der Waals surface area contributed by atoms with Gasteiger partial charge in [0, 0.05) is 30.6 Å². The molecule has 5 nitrogen and oxygen atoms in total. The summed E-state index contributed by atoms with van der Waals surface area (Å²) in [6, 6.07) is 7.15. The fourth-order valence-corrected chi connectivity index (χ4v) is 2.45. The van der Waals surface area contributed by atoms with E-state index in [1.165, 1.54) is 11.0 Å². The average Bonchev–Trinajstić information content (AvgIpc) is 2.51. The Bertz CT molecular complexity index is 531. The molecular weight excluding hydrogens is 306 g/mol. The molecule has 0 radical (unpaired) electrons. The zero-order valence-electron chi connectivity index (χ0n) is 12.4. The van der Waals surface area contributed by atoms with Crippen molar-refractivity contribution in [2.24, 2.45) is 5.92 Å². The van der Waals surface area contributed by atoms with Gasteiger partial charge < -0.3 is 19.8 Å². The van der Waals surface area contributed by atoms with E-state index in [0.29, 0.717) is 18.2 Å². The number of aliphatic hydroxyl groups is 2. The summed E-state index contributed by atoms with van der Waals surface area (Å²) in [4.78, 5) is 13.6. The molecule has 1 aromatic carbocycles. The maximum atomic E-state index is 12.1. The third-order valence-corrected chi connectivity index (χ3v) is 3.92. The van der Waals surface area contributed by atoms with Gasteiger partial charge in [0.25, 0.3) is 0 Å². The topological polar surface area (TPSA) is 70.0 Å². The minimum Gasteiger partial charge on any atom is -0.390 e. The van der Waals surface area contributed by atoms with Crippen LogP contribution in [0.1, 0.15) is 5.56 Å². The third-order valence-electron chi connectivity index (χ3n) is 3.67. The van der Waals surface area contributed by atoms with Gasteiger partial charge in [0.2, 0.25) is 5.91 Å². The minimum absolute atomic E-state index is 0.131. The molecule has 0 aromatic heterocycles. The first-order valence-corrected chi connectivity index (χ1v) is 7.48. The Balaban J connectivity index is 1.90. The number of aliphatic hydroxyl groups excluding tert-OH is 2. The highest BCUT2D eigenvalue weighted by Gasteiger charge is 2.32. The first-order chi connectivity index (χ1) is 10.5. The van der Waals surface area contributed by atoms with Gasteiger partial charge in [-0.05, 0) is 23.8 Å². The van der Waals surface area contributed by atoms with E-state index in [2.05, 4.69) is 0 Å². The Hall–Kier alpha value is -1.40. The Labute approximate surface area is 134 Å². The molecule has 0 spiro atoms. The fraction of sp³-hybridized carbons (Fsp3) is 0.438. The summed E-state index contributed by atoms with van der Waals surface area (Å²) in [5.41, 5.74) is 0.877. The monoisotopic (exact) mass is 325 g/mol. The molecule has 1 saturated heterocycles. The second kappa shape index (κ2) is 7.74. The van der Waals surface area contributed by atoms with Crippen molar-refractivity contribution < 1.29 is 19.7 Å². The highest BCUT2D eigenvalue weighted by atomic mass is 35.5. The number of nitrogens with zero attached hydrogens (tertiary/aromatic N) is 1. The summed E-state index contributed by atoms with van der Waals surface area (Å²) in [5.74, 6) is -0.469. The number of carbonyl (C=O) groups is 1. The van der Waals surface area contributed by atoms with Crippen molar-refractivity contribution >= 4 is 23.6 Å². The lowest BCUT2D eigenvalue weighted by Gasteiger charge is -2.34. The molecule has 120 valence electrons. The summed E-state index contributed by atoms with van der Waals surface area (Å²) in [5, 5.41) is 20.1. The van der Waals surface area contributed by atoms with Crippen LogP contribution in [0.25, 0.3) is 6.08 Å². The van der Waals surface area contributed by atoms with Crippen molar-refractivity contribution in [1.82, 2.24) is 4.90 Å². The number of hydrogen-bond donors (Lipinski definition) is 2. The summed E-state index contributed by atoms with van der Waals surface area (Å²) in [6.45, 7) is 0.782. The average molecular weight is 326 g/mol. The number of likely N-dealkylation sites (N-methyl/N-ethyl adjacent to an activating group) is 1. The van der Waals surface area contributed by atoms with E-state index in [0.717, 1.165) is 5.56 Å².